The maximum absolute atomic E-state index is 10.9. The van der Waals surface area contributed by atoms with E-state index in [2.05, 4.69) is 19.6 Å². The van der Waals surface area contributed by atoms with Crippen LogP contribution in [0.4, 0.5) is 0 Å². The van der Waals surface area contributed by atoms with Crippen molar-refractivity contribution < 1.29 is 70.0 Å². The molecule has 0 spiro atoms. The third-order valence-corrected chi connectivity index (χ3v) is 2.01. The van der Waals surface area contributed by atoms with Crippen LogP contribution in [0, 0.1) is 0 Å². The maximum Gasteiger partial charge on any atom is 0.408 e. The van der Waals surface area contributed by atoms with Gasteiger partial charge in [-0.3, -0.25) is 29.0 Å². The molecule has 29 heavy (non-hydrogen) atoms. The normalized spacial score (nSPS) is 10.5. The van der Waals surface area contributed by atoms with Crippen LogP contribution < -0.4 is 0 Å². The van der Waals surface area contributed by atoms with E-state index in [1.807, 2.05) is 0 Å². The quantitative estimate of drug-likeness (QED) is 0.175. The molecule has 0 aromatic carbocycles. The summed E-state index contributed by atoms with van der Waals surface area (Å²) in [6, 6.07) is 0. The Bertz CT molecular complexity index is 557. The van der Waals surface area contributed by atoms with E-state index in [9.17, 15) is 28.8 Å². The van der Waals surface area contributed by atoms with Gasteiger partial charge in [0.15, 0.2) is 0 Å². The van der Waals surface area contributed by atoms with E-state index in [1.165, 1.54) is 13.8 Å². The fourth-order valence-corrected chi connectivity index (χ4v) is 1.02. The van der Waals surface area contributed by atoms with Gasteiger partial charge in [0.2, 0.25) is 0 Å². The molecule has 10 nitrogen and oxygen atoms in total. The molecule has 0 bridgehead atoms. The van der Waals surface area contributed by atoms with E-state index in [4.69, 9.17) is 0 Å². The van der Waals surface area contributed by atoms with Crippen LogP contribution in [-0.4, -0.2) is 46.3 Å². The first-order chi connectivity index (χ1) is 12.4. The molecule has 0 unspecified atom stereocenters. The van der Waals surface area contributed by atoms with E-state index >= 15 is 0 Å². The van der Waals surface area contributed by atoms with Gasteiger partial charge in [-0.2, -0.15) is 9.78 Å². The molecule has 0 amide bonds. The SMILES string of the molecule is CC(=O)CC(=O)C(=O)OOC(C)(C)C.CC(=O)CC(=O)C(=O)OOC(C)(C)C.[Ti]. The van der Waals surface area contributed by atoms with Crippen molar-refractivity contribution in [2.75, 3.05) is 0 Å². The van der Waals surface area contributed by atoms with Crippen LogP contribution in [0.2, 0.25) is 0 Å². The van der Waals surface area contributed by atoms with Crippen molar-refractivity contribution in [1.29, 1.82) is 0 Å². The van der Waals surface area contributed by atoms with E-state index < -0.39 is 47.5 Å². The summed E-state index contributed by atoms with van der Waals surface area (Å²) in [5.74, 6) is -4.86. The molecule has 0 aliphatic rings. The predicted octanol–water partition coefficient (Wildman–Crippen LogP) is 1.61. The van der Waals surface area contributed by atoms with Gasteiger partial charge in [0.1, 0.15) is 22.8 Å². The van der Waals surface area contributed by atoms with Crippen molar-refractivity contribution in [2.45, 2.75) is 79.4 Å². The second kappa shape index (κ2) is 14.3. The molecule has 0 aromatic rings. The number of Topliss-reactive ketones (excluding diaryl/α,β-unsaturated/α-hetero) is 4. The van der Waals surface area contributed by atoms with Gasteiger partial charge in [0.25, 0.3) is 11.6 Å². The van der Waals surface area contributed by atoms with Crippen LogP contribution in [-0.2, 0) is 70.0 Å². The minimum Gasteiger partial charge on any atom is -0.300 e. The molecule has 0 aliphatic heterocycles. The Morgan fingerprint density at radius 2 is 0.828 bits per heavy atom. The number of ketones is 4. The molecule has 0 saturated carbocycles. The molecule has 0 N–H and O–H groups in total. The van der Waals surface area contributed by atoms with Gasteiger partial charge in [-0.15, -0.1) is 0 Å². The number of carbonyl (C=O) groups excluding carboxylic acids is 6. The Hall–Kier alpha value is -1.75. The predicted molar refractivity (Wildman–Crippen MR) is 94.5 cm³/mol. The summed E-state index contributed by atoms with van der Waals surface area (Å²) in [6.45, 7) is 12.4. The summed E-state index contributed by atoms with van der Waals surface area (Å²) in [6.07, 6.45) is -0.904. The minimum absolute atomic E-state index is 0. The van der Waals surface area contributed by atoms with E-state index in [1.54, 1.807) is 41.5 Å². The smallest absolute Gasteiger partial charge is 0.300 e. The molecule has 0 heterocycles. The Morgan fingerprint density at radius 3 is 1.00 bits per heavy atom. The van der Waals surface area contributed by atoms with Gasteiger partial charge in [0.05, 0.1) is 12.8 Å². The summed E-state index contributed by atoms with van der Waals surface area (Å²) in [7, 11) is 0. The molecule has 0 rings (SSSR count). The number of hydrogen-bond donors (Lipinski definition) is 0. The summed E-state index contributed by atoms with van der Waals surface area (Å²) >= 11 is 0. The van der Waals surface area contributed by atoms with Crippen LogP contribution in [0.25, 0.3) is 0 Å². The standard InChI is InChI=1S/2C9H14O5.Ti/c2*1-6(10)5-7(11)8(12)13-14-9(2,3)4;/h2*5H2,1-4H3;. The van der Waals surface area contributed by atoms with Crippen molar-refractivity contribution in [3.63, 3.8) is 0 Å². The molecule has 11 heteroatoms. The van der Waals surface area contributed by atoms with Crippen LogP contribution in [0.5, 0.6) is 0 Å². The molecular formula is C18H28O10Ti. The zero-order valence-electron chi connectivity index (χ0n) is 18.0. The van der Waals surface area contributed by atoms with E-state index in [0.717, 1.165) is 0 Å². The molecule has 0 atom stereocenters. The summed E-state index contributed by atoms with van der Waals surface area (Å²) in [5.41, 5.74) is -1.35. The third-order valence-electron chi connectivity index (χ3n) is 2.01. The maximum atomic E-state index is 10.9. The Labute approximate surface area is 184 Å². The first kappa shape index (κ1) is 31.9. The first-order valence-corrected chi connectivity index (χ1v) is 8.29. The number of rotatable bonds is 8. The van der Waals surface area contributed by atoms with Crippen molar-refractivity contribution in [1.82, 2.24) is 0 Å². The second-order valence-electron chi connectivity index (χ2n) is 7.74. The Morgan fingerprint density at radius 1 is 0.586 bits per heavy atom. The van der Waals surface area contributed by atoms with Gasteiger partial charge in [-0.1, -0.05) is 0 Å². The molecule has 0 saturated heterocycles. The zero-order valence-corrected chi connectivity index (χ0v) is 19.6. The summed E-state index contributed by atoms with van der Waals surface area (Å²) in [5, 5.41) is 0. The van der Waals surface area contributed by atoms with Gasteiger partial charge in [0, 0.05) is 21.7 Å². The zero-order chi connectivity index (χ0) is 22.7. The monoisotopic (exact) mass is 452 g/mol. The van der Waals surface area contributed by atoms with Crippen molar-refractivity contribution in [2.24, 2.45) is 0 Å². The van der Waals surface area contributed by atoms with Crippen LogP contribution in [0.1, 0.15) is 68.2 Å². The Balaban J connectivity index is -0.000000451. The largest absolute Gasteiger partial charge is 0.408 e. The van der Waals surface area contributed by atoms with E-state index in [0.29, 0.717) is 0 Å². The molecular weight excluding hydrogens is 424 g/mol. The van der Waals surface area contributed by atoms with Crippen LogP contribution in [0.3, 0.4) is 0 Å². The fourth-order valence-electron chi connectivity index (χ4n) is 1.02. The minimum atomic E-state index is -1.14. The topological polar surface area (TPSA) is 139 Å². The summed E-state index contributed by atoms with van der Waals surface area (Å²) < 4.78 is 0. The van der Waals surface area contributed by atoms with Gasteiger partial charge in [-0.05, 0) is 55.4 Å². The third kappa shape index (κ3) is 22.4. The second-order valence-corrected chi connectivity index (χ2v) is 7.74. The first-order valence-electron chi connectivity index (χ1n) is 8.29. The van der Waals surface area contributed by atoms with Crippen LogP contribution >= 0.6 is 0 Å². The molecule has 0 aliphatic carbocycles. The van der Waals surface area contributed by atoms with Crippen molar-refractivity contribution in [3.8, 4) is 0 Å². The Kier molecular flexibility index (Phi) is 15.7. The van der Waals surface area contributed by atoms with Gasteiger partial charge in [-0.25, -0.2) is 9.59 Å². The van der Waals surface area contributed by atoms with Gasteiger partial charge >= 0.3 is 11.9 Å². The molecule has 0 aromatic heterocycles. The average Bonchev–Trinajstić information content (AvgIpc) is 2.47. The van der Waals surface area contributed by atoms with Crippen LogP contribution in [0.15, 0.2) is 0 Å². The summed E-state index contributed by atoms with van der Waals surface area (Å²) in [4.78, 5) is 82.2. The van der Waals surface area contributed by atoms with Crippen molar-refractivity contribution >= 4 is 35.1 Å². The number of carbonyl (C=O) groups is 6. The molecule has 164 valence electrons. The van der Waals surface area contributed by atoms with E-state index in [-0.39, 0.29) is 33.3 Å². The van der Waals surface area contributed by atoms with Gasteiger partial charge < -0.3 is 0 Å². The molecule has 0 fully saturated rings. The fraction of sp³-hybridized carbons (Fsp3) is 0.667. The molecule has 0 radical (unpaired) electrons. The van der Waals surface area contributed by atoms with Crippen molar-refractivity contribution in [3.05, 3.63) is 0 Å². The average molecular weight is 452 g/mol. The number of hydrogen-bond acceptors (Lipinski definition) is 10.